The molecule has 4 atom stereocenters. The summed E-state index contributed by atoms with van der Waals surface area (Å²) in [4.78, 5) is 13.5. The molecule has 1 saturated heterocycles. The Balaban J connectivity index is 1.22. The number of hydrogen-bond acceptors (Lipinski definition) is 8. The maximum Gasteiger partial charge on any atom is 0.223 e. The highest BCUT2D eigenvalue weighted by Crippen LogP contribution is 2.48. The number of imidazole rings is 1. The smallest absolute Gasteiger partial charge is 0.223 e. The van der Waals surface area contributed by atoms with Crippen LogP contribution in [-0.2, 0) is 25.4 Å². The zero-order chi connectivity index (χ0) is 40.2. The molecule has 8 nitrogen and oxygen atoms in total. The number of ether oxygens (including phenoxy) is 3. The van der Waals surface area contributed by atoms with Gasteiger partial charge >= 0.3 is 0 Å². The minimum atomic E-state index is -1.73. The highest BCUT2D eigenvalue weighted by atomic mass is 32.2. The van der Waals surface area contributed by atoms with Crippen molar-refractivity contribution in [1.82, 2.24) is 19.5 Å². The second kappa shape index (κ2) is 16.6. The van der Waals surface area contributed by atoms with Crippen LogP contribution >= 0.6 is 11.8 Å². The average Bonchev–Trinajstić information content (AvgIpc) is 3.86. The van der Waals surface area contributed by atoms with Crippen LogP contribution in [0.4, 0.5) is 10.3 Å². The molecular weight excluding hydrogens is 758 g/mol. The summed E-state index contributed by atoms with van der Waals surface area (Å²) in [6.07, 6.45) is -1.64. The third kappa shape index (κ3) is 6.98. The summed E-state index contributed by atoms with van der Waals surface area (Å²) in [6.45, 7) is -0.0610. The third-order valence-corrected chi connectivity index (χ3v) is 11.7. The van der Waals surface area contributed by atoms with Crippen LogP contribution in [0.25, 0.3) is 11.2 Å². The highest BCUT2D eigenvalue weighted by molar-refractivity contribution is 7.98. The number of fused-ring (bicyclic) bond motifs is 1. The lowest BCUT2D eigenvalue weighted by Crippen LogP contribution is -2.45. The van der Waals surface area contributed by atoms with Gasteiger partial charge in [0, 0.05) is 0 Å². The fraction of sp³-hybridized carbons (Fsp3) is 0.163. The van der Waals surface area contributed by atoms with E-state index in [4.69, 9.17) is 19.9 Å². The number of hydrogen-bond donors (Lipinski definition) is 1. The van der Waals surface area contributed by atoms with Crippen LogP contribution in [0.5, 0.6) is 0 Å². The highest BCUT2D eigenvalue weighted by Gasteiger charge is 2.53. The van der Waals surface area contributed by atoms with Gasteiger partial charge in [-0.2, -0.15) is 4.98 Å². The summed E-state index contributed by atoms with van der Waals surface area (Å²) < 4.78 is 41.5. The van der Waals surface area contributed by atoms with E-state index in [0.29, 0.717) is 16.2 Å². The Morgan fingerprint density at radius 2 is 1.03 bits per heavy atom. The predicted octanol–water partition coefficient (Wildman–Crippen LogP) is 9.75. The summed E-state index contributed by atoms with van der Waals surface area (Å²) in [5.74, 6) is 0.0549. The average molecular weight is 800 g/mol. The minimum absolute atomic E-state index is 0.0549. The Labute approximate surface area is 346 Å². The number of anilines is 1. The van der Waals surface area contributed by atoms with E-state index in [2.05, 4.69) is 51.4 Å². The molecule has 1 aliphatic heterocycles. The van der Waals surface area contributed by atoms with Gasteiger partial charge in [0.25, 0.3) is 0 Å². The maximum atomic E-state index is 18.1. The molecule has 10 heteroatoms. The molecule has 0 amide bonds. The SMILES string of the molecule is CSc1nc(N)nc2c1ncn2[C@@H]1O[C@H](COC(c2ccccc2)(c2ccccc2)c2ccccc2)[C@@H](OC(c2ccccc2)(c2ccccc2)c2ccccc2)[C@@H]1F. The van der Waals surface area contributed by atoms with Gasteiger partial charge in [-0.05, 0) is 39.6 Å². The first-order chi connectivity index (χ1) is 29.0. The molecule has 2 aromatic heterocycles. The van der Waals surface area contributed by atoms with E-state index in [1.807, 2.05) is 152 Å². The standard InChI is InChI=1S/C49H42FN5O3S/c1-59-45-42-44(53-47(51)54-45)55(33-52-42)46-41(50)43(58-49(37-26-14-5-15-27-37,38-28-16-6-17-29-38)39-30-18-7-19-31-39)40(57-46)32-56-48(34-20-8-2-9-21-34,35-22-10-3-11-23-35)36-24-12-4-13-25-36/h2-31,33,40-41,43,46H,32H2,1H3,(H2,51,53,54)/t40-,41+,43-,46-/m1/s1. The van der Waals surface area contributed by atoms with Crippen LogP contribution in [0.15, 0.2) is 193 Å². The number of nitrogens with two attached hydrogens (primary N) is 1. The molecule has 6 aromatic carbocycles. The van der Waals surface area contributed by atoms with Crippen LogP contribution in [-0.4, -0.2) is 50.8 Å². The first-order valence-electron chi connectivity index (χ1n) is 19.5. The van der Waals surface area contributed by atoms with Crippen molar-refractivity contribution in [2.75, 3.05) is 18.6 Å². The Kier molecular flexibility index (Phi) is 10.8. The van der Waals surface area contributed by atoms with Gasteiger partial charge in [0.15, 0.2) is 18.0 Å². The molecule has 0 unspecified atom stereocenters. The lowest BCUT2D eigenvalue weighted by molar-refractivity contribution is -0.128. The minimum Gasteiger partial charge on any atom is -0.368 e. The summed E-state index contributed by atoms with van der Waals surface area (Å²) in [7, 11) is 0. The maximum absolute atomic E-state index is 18.1. The molecule has 2 N–H and O–H groups in total. The van der Waals surface area contributed by atoms with Crippen LogP contribution < -0.4 is 5.73 Å². The van der Waals surface area contributed by atoms with E-state index in [9.17, 15) is 0 Å². The number of aromatic nitrogens is 4. The van der Waals surface area contributed by atoms with Crippen LogP contribution in [0.3, 0.4) is 0 Å². The molecular formula is C49H42FN5O3S. The topological polar surface area (TPSA) is 97.3 Å². The quantitative estimate of drug-likeness (QED) is 0.0700. The molecule has 0 aliphatic carbocycles. The van der Waals surface area contributed by atoms with Gasteiger partial charge in [-0.15, -0.1) is 11.8 Å². The van der Waals surface area contributed by atoms with E-state index >= 15 is 4.39 Å². The van der Waals surface area contributed by atoms with Crippen LogP contribution in [0.2, 0.25) is 0 Å². The number of benzene rings is 6. The Bertz CT molecular complexity index is 2410. The summed E-state index contributed by atoms with van der Waals surface area (Å²) >= 11 is 1.39. The third-order valence-electron chi connectivity index (χ3n) is 11.0. The van der Waals surface area contributed by atoms with Crippen molar-refractivity contribution in [3.05, 3.63) is 222 Å². The molecule has 3 heterocycles. The van der Waals surface area contributed by atoms with E-state index < -0.39 is 35.8 Å². The van der Waals surface area contributed by atoms with Crippen molar-refractivity contribution < 1.29 is 18.6 Å². The fourth-order valence-electron chi connectivity index (χ4n) is 8.33. The molecule has 0 bridgehead atoms. The zero-order valence-electron chi connectivity index (χ0n) is 32.3. The van der Waals surface area contributed by atoms with Gasteiger partial charge in [-0.3, -0.25) is 4.57 Å². The van der Waals surface area contributed by atoms with Crippen molar-refractivity contribution >= 4 is 28.9 Å². The fourth-order valence-corrected chi connectivity index (χ4v) is 8.85. The van der Waals surface area contributed by atoms with Crippen molar-refractivity contribution in [3.63, 3.8) is 0 Å². The lowest BCUT2D eigenvalue weighted by Gasteiger charge is -2.40. The molecule has 0 saturated carbocycles. The first kappa shape index (κ1) is 38.4. The normalized spacial score (nSPS) is 18.3. The molecule has 8 aromatic rings. The first-order valence-corrected chi connectivity index (χ1v) is 20.7. The Hall–Kier alpha value is -6.17. The van der Waals surface area contributed by atoms with Crippen molar-refractivity contribution in [2.24, 2.45) is 0 Å². The largest absolute Gasteiger partial charge is 0.368 e. The van der Waals surface area contributed by atoms with E-state index in [-0.39, 0.29) is 12.6 Å². The van der Waals surface area contributed by atoms with E-state index in [0.717, 1.165) is 33.4 Å². The second-order valence-electron chi connectivity index (χ2n) is 14.4. The van der Waals surface area contributed by atoms with Gasteiger partial charge in [0.05, 0.1) is 12.9 Å². The number of halogens is 1. The number of alkyl halides is 1. The molecule has 9 rings (SSSR count). The summed E-state index contributed by atoms with van der Waals surface area (Å²) in [6, 6.07) is 60.1. The summed E-state index contributed by atoms with van der Waals surface area (Å²) in [5, 5.41) is 0.585. The van der Waals surface area contributed by atoms with E-state index in [1.54, 1.807) is 4.57 Å². The molecule has 1 fully saturated rings. The molecule has 0 spiro atoms. The van der Waals surface area contributed by atoms with Crippen LogP contribution in [0, 0.1) is 0 Å². The van der Waals surface area contributed by atoms with Gasteiger partial charge in [0.1, 0.15) is 34.0 Å². The van der Waals surface area contributed by atoms with Crippen LogP contribution in [0.1, 0.15) is 39.6 Å². The number of rotatable bonds is 13. The van der Waals surface area contributed by atoms with Crippen molar-refractivity contribution in [1.29, 1.82) is 0 Å². The van der Waals surface area contributed by atoms with Crippen molar-refractivity contribution in [3.8, 4) is 0 Å². The van der Waals surface area contributed by atoms with E-state index in [1.165, 1.54) is 18.1 Å². The second-order valence-corrected chi connectivity index (χ2v) is 15.2. The van der Waals surface area contributed by atoms with Gasteiger partial charge in [0.2, 0.25) is 5.95 Å². The zero-order valence-corrected chi connectivity index (χ0v) is 33.1. The monoisotopic (exact) mass is 799 g/mol. The Morgan fingerprint density at radius 1 is 0.627 bits per heavy atom. The molecule has 1 aliphatic rings. The van der Waals surface area contributed by atoms with Crippen molar-refractivity contribution in [2.45, 2.75) is 40.8 Å². The lowest BCUT2D eigenvalue weighted by atomic mass is 9.79. The van der Waals surface area contributed by atoms with Gasteiger partial charge in [-0.1, -0.05) is 182 Å². The predicted molar refractivity (Wildman–Crippen MR) is 230 cm³/mol. The molecule has 294 valence electrons. The van der Waals surface area contributed by atoms with Gasteiger partial charge < -0.3 is 19.9 Å². The number of nitrogen functional groups attached to an aromatic ring is 1. The number of thioether (sulfide) groups is 1. The molecule has 0 radical (unpaired) electrons. The van der Waals surface area contributed by atoms with Gasteiger partial charge in [-0.25, -0.2) is 14.4 Å². The molecule has 59 heavy (non-hydrogen) atoms. The number of nitrogens with zero attached hydrogens (tertiary/aromatic N) is 4. The Morgan fingerprint density at radius 3 is 1.44 bits per heavy atom. The summed E-state index contributed by atoms with van der Waals surface area (Å²) in [5.41, 5.74) is 9.92.